The Morgan fingerprint density at radius 2 is 2.14 bits per heavy atom. The van der Waals surface area contributed by atoms with Crippen LogP contribution in [-0.4, -0.2) is 24.5 Å². The minimum atomic E-state index is -0.472. The predicted molar refractivity (Wildman–Crippen MR) is 82.6 cm³/mol. The average Bonchev–Trinajstić information content (AvgIpc) is 2.44. The molecular formula is C14H17Cl2N3O2. The largest absolute Gasteiger partial charge is 0.354 e. The van der Waals surface area contributed by atoms with Crippen LogP contribution in [0.25, 0.3) is 0 Å². The summed E-state index contributed by atoms with van der Waals surface area (Å²) in [6.07, 6.45) is 1.51. The SMILES string of the molecule is C[C@@H](NC(=O)N[C@H]1CCCNC1=O)c1ccc(Cl)c(Cl)c1. The van der Waals surface area contributed by atoms with E-state index in [1.807, 2.05) is 6.92 Å². The fraction of sp³-hybridized carbons (Fsp3) is 0.429. The number of carbonyl (C=O) groups excluding carboxylic acids is 2. The van der Waals surface area contributed by atoms with Gasteiger partial charge < -0.3 is 16.0 Å². The van der Waals surface area contributed by atoms with E-state index in [2.05, 4.69) is 16.0 Å². The Morgan fingerprint density at radius 3 is 2.81 bits per heavy atom. The van der Waals surface area contributed by atoms with Crippen LogP contribution >= 0.6 is 23.2 Å². The summed E-state index contributed by atoms with van der Waals surface area (Å²) in [6, 6.07) is 4.10. The Morgan fingerprint density at radius 1 is 1.38 bits per heavy atom. The van der Waals surface area contributed by atoms with Gasteiger partial charge in [0.05, 0.1) is 16.1 Å². The molecule has 2 atom stereocenters. The molecule has 3 amide bonds. The van der Waals surface area contributed by atoms with E-state index in [1.165, 1.54) is 0 Å². The second kappa shape index (κ2) is 7.00. The molecule has 0 spiro atoms. The first kappa shape index (κ1) is 15.9. The minimum absolute atomic E-state index is 0.140. The van der Waals surface area contributed by atoms with Crippen LogP contribution in [0.5, 0.6) is 0 Å². The van der Waals surface area contributed by atoms with Gasteiger partial charge >= 0.3 is 6.03 Å². The van der Waals surface area contributed by atoms with Crippen molar-refractivity contribution in [1.29, 1.82) is 0 Å². The number of piperidine rings is 1. The van der Waals surface area contributed by atoms with E-state index < -0.39 is 6.04 Å². The molecule has 7 heteroatoms. The zero-order valence-corrected chi connectivity index (χ0v) is 13.1. The van der Waals surface area contributed by atoms with Gasteiger partial charge in [0.25, 0.3) is 0 Å². The molecule has 0 unspecified atom stereocenters. The number of urea groups is 1. The summed E-state index contributed by atoms with van der Waals surface area (Å²) in [7, 11) is 0. The Balaban J connectivity index is 1.92. The summed E-state index contributed by atoms with van der Waals surface area (Å²) in [5.41, 5.74) is 0.840. The molecule has 0 bridgehead atoms. The van der Waals surface area contributed by atoms with E-state index in [9.17, 15) is 9.59 Å². The van der Waals surface area contributed by atoms with Crippen LogP contribution in [0.4, 0.5) is 4.79 Å². The van der Waals surface area contributed by atoms with Gasteiger partial charge in [-0.1, -0.05) is 29.3 Å². The molecule has 1 saturated heterocycles. The van der Waals surface area contributed by atoms with Gasteiger partial charge in [-0.15, -0.1) is 0 Å². The van der Waals surface area contributed by atoms with Crippen molar-refractivity contribution in [3.63, 3.8) is 0 Å². The van der Waals surface area contributed by atoms with Crippen LogP contribution in [0, 0.1) is 0 Å². The van der Waals surface area contributed by atoms with Crippen LogP contribution in [0.3, 0.4) is 0 Å². The van der Waals surface area contributed by atoms with Gasteiger partial charge in [-0.2, -0.15) is 0 Å². The molecule has 114 valence electrons. The number of hydrogen-bond acceptors (Lipinski definition) is 2. The quantitative estimate of drug-likeness (QED) is 0.797. The number of carbonyl (C=O) groups is 2. The Kier molecular flexibility index (Phi) is 5.31. The lowest BCUT2D eigenvalue weighted by molar-refractivity contribution is -0.124. The molecule has 2 rings (SSSR count). The van der Waals surface area contributed by atoms with Gasteiger partial charge in [0.1, 0.15) is 6.04 Å². The van der Waals surface area contributed by atoms with Crippen molar-refractivity contribution in [3.05, 3.63) is 33.8 Å². The van der Waals surface area contributed by atoms with E-state index in [0.29, 0.717) is 23.0 Å². The molecule has 1 fully saturated rings. The van der Waals surface area contributed by atoms with Crippen molar-refractivity contribution >= 4 is 35.1 Å². The molecule has 0 aliphatic carbocycles. The first-order valence-electron chi connectivity index (χ1n) is 6.77. The average molecular weight is 330 g/mol. The molecular weight excluding hydrogens is 313 g/mol. The molecule has 1 aromatic rings. The van der Waals surface area contributed by atoms with E-state index in [1.54, 1.807) is 18.2 Å². The fourth-order valence-corrected chi connectivity index (χ4v) is 2.48. The van der Waals surface area contributed by atoms with Gasteiger partial charge in [0, 0.05) is 6.54 Å². The summed E-state index contributed by atoms with van der Waals surface area (Å²) in [5, 5.41) is 9.08. The Hall–Kier alpha value is -1.46. The molecule has 1 heterocycles. The van der Waals surface area contributed by atoms with E-state index in [-0.39, 0.29) is 18.0 Å². The molecule has 0 saturated carbocycles. The number of nitrogens with one attached hydrogen (secondary N) is 3. The maximum absolute atomic E-state index is 11.9. The third-order valence-corrected chi connectivity index (χ3v) is 4.12. The second-order valence-electron chi connectivity index (χ2n) is 5.00. The van der Waals surface area contributed by atoms with Crippen molar-refractivity contribution < 1.29 is 9.59 Å². The van der Waals surface area contributed by atoms with Crippen molar-refractivity contribution in [3.8, 4) is 0 Å². The van der Waals surface area contributed by atoms with Gasteiger partial charge in [-0.25, -0.2) is 4.79 Å². The highest BCUT2D eigenvalue weighted by Gasteiger charge is 2.24. The van der Waals surface area contributed by atoms with Crippen LogP contribution in [-0.2, 0) is 4.79 Å². The van der Waals surface area contributed by atoms with E-state index in [0.717, 1.165) is 12.0 Å². The molecule has 5 nitrogen and oxygen atoms in total. The Labute approximate surface area is 133 Å². The zero-order valence-electron chi connectivity index (χ0n) is 11.6. The monoisotopic (exact) mass is 329 g/mol. The van der Waals surface area contributed by atoms with E-state index >= 15 is 0 Å². The number of benzene rings is 1. The fourth-order valence-electron chi connectivity index (χ4n) is 2.17. The van der Waals surface area contributed by atoms with Gasteiger partial charge in [0.15, 0.2) is 0 Å². The lowest BCUT2D eigenvalue weighted by atomic mass is 10.1. The Bertz CT molecular complexity index is 551. The lowest BCUT2D eigenvalue weighted by Gasteiger charge is -2.24. The summed E-state index contributed by atoms with van der Waals surface area (Å²) >= 11 is 11.8. The predicted octanol–water partition coefficient (Wildman–Crippen LogP) is 2.63. The highest BCUT2D eigenvalue weighted by atomic mass is 35.5. The summed E-state index contributed by atoms with van der Waals surface area (Å²) in [4.78, 5) is 23.5. The van der Waals surface area contributed by atoms with E-state index in [4.69, 9.17) is 23.2 Å². The summed E-state index contributed by atoms with van der Waals surface area (Å²) in [6.45, 7) is 2.50. The van der Waals surface area contributed by atoms with Crippen LogP contribution in [0.2, 0.25) is 10.0 Å². The van der Waals surface area contributed by atoms with Crippen molar-refractivity contribution in [2.24, 2.45) is 0 Å². The number of rotatable bonds is 3. The van der Waals surface area contributed by atoms with Gasteiger partial charge in [-0.3, -0.25) is 4.79 Å². The summed E-state index contributed by atoms with van der Waals surface area (Å²) < 4.78 is 0. The van der Waals surface area contributed by atoms with Crippen molar-refractivity contribution in [2.45, 2.75) is 31.8 Å². The van der Waals surface area contributed by atoms with Crippen LogP contribution in [0.1, 0.15) is 31.4 Å². The first-order chi connectivity index (χ1) is 9.97. The second-order valence-corrected chi connectivity index (χ2v) is 5.81. The van der Waals surface area contributed by atoms with Crippen molar-refractivity contribution in [2.75, 3.05) is 6.54 Å². The molecule has 0 radical (unpaired) electrons. The molecule has 3 N–H and O–H groups in total. The topological polar surface area (TPSA) is 70.2 Å². The van der Waals surface area contributed by atoms with Crippen molar-refractivity contribution in [1.82, 2.24) is 16.0 Å². The standard InChI is InChI=1S/C14H17Cl2N3O2/c1-8(9-4-5-10(15)11(16)7-9)18-14(21)19-12-3-2-6-17-13(12)20/h4-5,7-8,12H,2-3,6H2,1H3,(H,17,20)(H2,18,19,21)/t8-,12+/m1/s1. The number of hydrogen-bond donors (Lipinski definition) is 3. The number of amides is 3. The number of halogens is 2. The molecule has 1 aliphatic heterocycles. The molecule has 21 heavy (non-hydrogen) atoms. The first-order valence-corrected chi connectivity index (χ1v) is 7.52. The molecule has 0 aromatic heterocycles. The minimum Gasteiger partial charge on any atom is -0.354 e. The lowest BCUT2D eigenvalue weighted by Crippen LogP contribution is -2.52. The molecule has 1 aromatic carbocycles. The van der Waals surface area contributed by atoms with Gasteiger partial charge in [-0.05, 0) is 37.5 Å². The third kappa shape index (κ3) is 4.25. The highest BCUT2D eigenvalue weighted by Crippen LogP contribution is 2.25. The highest BCUT2D eigenvalue weighted by molar-refractivity contribution is 6.42. The zero-order chi connectivity index (χ0) is 15.4. The van der Waals surface area contributed by atoms with Gasteiger partial charge in [0.2, 0.25) is 5.91 Å². The smallest absolute Gasteiger partial charge is 0.315 e. The third-order valence-electron chi connectivity index (χ3n) is 3.38. The van der Waals surface area contributed by atoms with Crippen LogP contribution < -0.4 is 16.0 Å². The maximum Gasteiger partial charge on any atom is 0.315 e. The summed E-state index contributed by atoms with van der Waals surface area (Å²) in [5.74, 6) is -0.140. The van der Waals surface area contributed by atoms with Crippen LogP contribution in [0.15, 0.2) is 18.2 Å². The maximum atomic E-state index is 11.9. The normalized spacial score (nSPS) is 19.6. The molecule has 1 aliphatic rings.